The second-order valence-corrected chi connectivity index (χ2v) is 9.97. The number of likely N-dealkylation sites (tertiary alicyclic amines) is 1. The Balaban J connectivity index is 1.19. The van der Waals surface area contributed by atoms with Gasteiger partial charge in [-0.05, 0) is 49.7 Å². The summed E-state index contributed by atoms with van der Waals surface area (Å²) in [6.45, 7) is 5.95. The highest BCUT2D eigenvalue weighted by Crippen LogP contribution is 2.25. The van der Waals surface area contributed by atoms with Crippen molar-refractivity contribution in [2.75, 3.05) is 49.5 Å². The first kappa shape index (κ1) is 25.0. The molecule has 9 nitrogen and oxygen atoms in total. The van der Waals surface area contributed by atoms with E-state index in [0.29, 0.717) is 49.8 Å². The largest absolute Gasteiger partial charge is 0.493 e. The number of ether oxygens (including phenoxy) is 1. The molecule has 2 aliphatic rings. The summed E-state index contributed by atoms with van der Waals surface area (Å²) in [7, 11) is 0. The van der Waals surface area contributed by atoms with Crippen molar-refractivity contribution in [2.45, 2.75) is 32.6 Å². The normalized spacial score (nSPS) is 17.2. The smallest absolute Gasteiger partial charge is 0.263 e. The van der Waals surface area contributed by atoms with Crippen molar-refractivity contribution in [1.29, 1.82) is 0 Å². The fourth-order valence-electron chi connectivity index (χ4n) is 5.14. The number of halogens is 1. The third-order valence-corrected chi connectivity index (χ3v) is 7.43. The Bertz CT molecular complexity index is 1280. The lowest BCUT2D eigenvalue weighted by molar-refractivity contribution is -0.130. The Morgan fingerprint density at radius 1 is 1.14 bits per heavy atom. The summed E-state index contributed by atoms with van der Waals surface area (Å²) in [4.78, 5) is 39.8. The molecule has 2 saturated heterocycles. The van der Waals surface area contributed by atoms with Gasteiger partial charge >= 0.3 is 0 Å². The number of aromatic nitrogens is 3. The lowest BCUT2D eigenvalue weighted by Gasteiger charge is -2.32. The zero-order valence-electron chi connectivity index (χ0n) is 21.1. The number of hydrogen-bond acceptors (Lipinski definition) is 7. The second-order valence-electron chi connectivity index (χ2n) is 9.97. The number of aromatic amines is 1. The van der Waals surface area contributed by atoms with E-state index >= 15 is 0 Å². The summed E-state index contributed by atoms with van der Waals surface area (Å²) in [5.74, 6) is 1.84. The number of rotatable bonds is 7. The maximum absolute atomic E-state index is 14.8. The number of carbonyl (C=O) groups is 1. The summed E-state index contributed by atoms with van der Waals surface area (Å²) in [5.41, 5.74) is -0.254. The van der Waals surface area contributed by atoms with E-state index in [-0.39, 0.29) is 16.8 Å². The minimum atomic E-state index is -0.652. The number of hydrogen-bond donors (Lipinski definition) is 2. The number of nitrogens with zero attached hydrogens (tertiary/aromatic N) is 4. The molecule has 196 valence electrons. The maximum Gasteiger partial charge on any atom is 0.263 e. The van der Waals surface area contributed by atoms with Gasteiger partial charge < -0.3 is 19.9 Å². The van der Waals surface area contributed by atoms with Gasteiger partial charge in [0.2, 0.25) is 11.9 Å². The maximum atomic E-state index is 14.8. The van der Waals surface area contributed by atoms with E-state index in [1.807, 2.05) is 29.3 Å². The van der Waals surface area contributed by atoms with E-state index in [0.717, 1.165) is 44.6 Å². The van der Waals surface area contributed by atoms with Crippen molar-refractivity contribution in [3.8, 4) is 5.75 Å². The van der Waals surface area contributed by atoms with Gasteiger partial charge in [0.05, 0.1) is 12.1 Å². The molecule has 2 aliphatic heterocycles. The minimum absolute atomic E-state index is 0.0728. The van der Waals surface area contributed by atoms with E-state index in [4.69, 9.17) is 4.74 Å². The molecule has 2 N–H and O–H groups in total. The molecular weight excluding hydrogens is 475 g/mol. The Morgan fingerprint density at radius 2 is 1.89 bits per heavy atom. The lowest BCUT2D eigenvalue weighted by Crippen LogP contribution is -2.38. The summed E-state index contributed by atoms with van der Waals surface area (Å²) in [6, 6.07) is 8.80. The highest BCUT2D eigenvalue weighted by atomic mass is 19.1. The number of piperidine rings is 2. The summed E-state index contributed by atoms with van der Waals surface area (Å²) >= 11 is 0. The quantitative estimate of drug-likeness (QED) is 0.504. The predicted octanol–water partition coefficient (Wildman–Crippen LogP) is 3.42. The number of nitrogens with one attached hydrogen (secondary N) is 2. The van der Waals surface area contributed by atoms with Crippen LogP contribution < -0.4 is 20.5 Å². The predicted molar refractivity (Wildman–Crippen MR) is 140 cm³/mol. The van der Waals surface area contributed by atoms with Gasteiger partial charge in [0, 0.05) is 58.0 Å². The van der Waals surface area contributed by atoms with Gasteiger partial charge in [0.25, 0.3) is 5.56 Å². The van der Waals surface area contributed by atoms with Crippen LogP contribution in [0.25, 0.3) is 10.9 Å². The van der Waals surface area contributed by atoms with Gasteiger partial charge in [0.1, 0.15) is 22.8 Å². The summed E-state index contributed by atoms with van der Waals surface area (Å²) < 4.78 is 20.7. The molecule has 0 aliphatic carbocycles. The van der Waals surface area contributed by atoms with Crippen LogP contribution in [0.4, 0.5) is 16.2 Å². The van der Waals surface area contributed by atoms with Crippen LogP contribution in [0.2, 0.25) is 0 Å². The number of carbonyl (C=O) groups excluding carboxylic acids is 1. The Hall–Kier alpha value is -3.69. The van der Waals surface area contributed by atoms with E-state index < -0.39 is 11.4 Å². The molecule has 37 heavy (non-hydrogen) atoms. The number of benzene rings is 1. The van der Waals surface area contributed by atoms with Crippen LogP contribution in [-0.2, 0) is 4.79 Å². The molecule has 10 heteroatoms. The van der Waals surface area contributed by atoms with Gasteiger partial charge in [0.15, 0.2) is 0 Å². The SMILES string of the molecule is CC(=O)N1CCC(COc2cc(F)c3c(=O)[nH]c(NCC4CCN(c5ccccn5)CC4)nc3c2)CC1. The average molecular weight is 509 g/mol. The molecule has 0 radical (unpaired) electrons. The molecule has 0 spiro atoms. The fraction of sp³-hybridized carbons (Fsp3) is 0.481. The molecule has 3 aromatic rings. The molecule has 0 unspecified atom stereocenters. The van der Waals surface area contributed by atoms with E-state index in [1.54, 1.807) is 13.0 Å². The molecular formula is C27H33FN6O3. The first-order valence-corrected chi connectivity index (χ1v) is 13.0. The first-order valence-electron chi connectivity index (χ1n) is 13.0. The van der Waals surface area contributed by atoms with Gasteiger partial charge in [-0.2, -0.15) is 0 Å². The van der Waals surface area contributed by atoms with Gasteiger partial charge in [-0.1, -0.05) is 6.07 Å². The fourth-order valence-corrected chi connectivity index (χ4v) is 5.14. The van der Waals surface area contributed by atoms with Crippen molar-refractivity contribution in [1.82, 2.24) is 19.9 Å². The third kappa shape index (κ3) is 6.00. The van der Waals surface area contributed by atoms with Crippen molar-refractivity contribution in [2.24, 2.45) is 11.8 Å². The topological polar surface area (TPSA) is 103 Å². The molecule has 0 atom stereocenters. The summed E-state index contributed by atoms with van der Waals surface area (Å²) in [6.07, 6.45) is 5.51. The van der Waals surface area contributed by atoms with Crippen LogP contribution in [0.5, 0.6) is 5.75 Å². The van der Waals surface area contributed by atoms with Crippen molar-refractivity contribution >= 4 is 28.6 Å². The third-order valence-electron chi connectivity index (χ3n) is 7.43. The molecule has 1 amide bonds. The van der Waals surface area contributed by atoms with E-state index in [1.165, 1.54) is 6.07 Å². The Morgan fingerprint density at radius 3 is 2.59 bits per heavy atom. The standard InChI is InChI=1S/C27H33FN6O3/c1-18(35)33-10-7-20(8-11-33)17-37-21-14-22(28)25-23(15-21)31-27(32-26(25)36)30-16-19-5-12-34(13-6-19)24-4-2-3-9-29-24/h2-4,9,14-15,19-20H,5-8,10-13,16-17H2,1H3,(H2,30,31,32,36). The molecule has 0 saturated carbocycles. The van der Waals surface area contributed by atoms with Crippen LogP contribution in [0.3, 0.4) is 0 Å². The Labute approximate surface area is 215 Å². The summed E-state index contributed by atoms with van der Waals surface area (Å²) in [5, 5.41) is 3.17. The minimum Gasteiger partial charge on any atom is -0.493 e. The van der Waals surface area contributed by atoms with Crippen molar-refractivity contribution in [3.63, 3.8) is 0 Å². The number of fused-ring (bicyclic) bond motifs is 1. The molecule has 5 rings (SSSR count). The number of pyridine rings is 1. The van der Waals surface area contributed by atoms with Crippen molar-refractivity contribution in [3.05, 3.63) is 52.7 Å². The molecule has 2 aromatic heterocycles. The van der Waals surface area contributed by atoms with Gasteiger partial charge in [-0.15, -0.1) is 0 Å². The lowest BCUT2D eigenvalue weighted by atomic mass is 9.97. The number of anilines is 2. The van der Waals surface area contributed by atoms with E-state index in [9.17, 15) is 14.0 Å². The van der Waals surface area contributed by atoms with Crippen LogP contribution in [0, 0.1) is 17.7 Å². The van der Waals surface area contributed by atoms with Gasteiger partial charge in [-0.3, -0.25) is 14.6 Å². The Kier molecular flexibility index (Phi) is 7.52. The number of amides is 1. The van der Waals surface area contributed by atoms with Crippen LogP contribution in [-0.4, -0.2) is 65.1 Å². The molecule has 4 heterocycles. The van der Waals surface area contributed by atoms with Crippen LogP contribution in [0.1, 0.15) is 32.6 Å². The monoisotopic (exact) mass is 508 g/mol. The van der Waals surface area contributed by atoms with Gasteiger partial charge in [-0.25, -0.2) is 14.4 Å². The van der Waals surface area contributed by atoms with Crippen LogP contribution >= 0.6 is 0 Å². The highest BCUT2D eigenvalue weighted by molar-refractivity contribution is 5.80. The molecule has 1 aromatic carbocycles. The van der Waals surface area contributed by atoms with Crippen molar-refractivity contribution < 1.29 is 13.9 Å². The van der Waals surface area contributed by atoms with E-state index in [2.05, 4.69) is 25.2 Å². The van der Waals surface area contributed by atoms with Crippen LogP contribution in [0.15, 0.2) is 41.3 Å². The highest BCUT2D eigenvalue weighted by Gasteiger charge is 2.22. The first-order chi connectivity index (χ1) is 18.0. The zero-order chi connectivity index (χ0) is 25.8. The second kappa shape index (κ2) is 11.1. The molecule has 0 bridgehead atoms. The molecule has 2 fully saturated rings. The average Bonchev–Trinajstić information content (AvgIpc) is 2.91. The number of H-pyrrole nitrogens is 1. The zero-order valence-corrected chi connectivity index (χ0v) is 21.1.